The maximum Gasteiger partial charge on any atom is 0.281 e. The predicted octanol–water partition coefficient (Wildman–Crippen LogP) is 3.36. The normalized spacial score (nSPS) is 10.3. The second-order valence-corrected chi connectivity index (χ2v) is 6.97. The summed E-state index contributed by atoms with van der Waals surface area (Å²) in [4.78, 5) is 29.3. The Hall–Kier alpha value is -3.39. The van der Waals surface area contributed by atoms with Gasteiger partial charge in [0.05, 0.1) is 12.3 Å². The molecule has 2 N–H and O–H groups in total. The van der Waals surface area contributed by atoms with E-state index < -0.39 is 11.8 Å². The third-order valence-corrected chi connectivity index (χ3v) is 5.05. The number of rotatable bonds is 7. The summed E-state index contributed by atoms with van der Waals surface area (Å²) in [5, 5.41) is 0.746. The van der Waals surface area contributed by atoms with Gasteiger partial charge in [0.2, 0.25) is 0 Å². The number of nitrogens with zero attached hydrogens (tertiary/aromatic N) is 1. The van der Waals surface area contributed by atoms with Gasteiger partial charge in [0.1, 0.15) is 9.88 Å². The average Bonchev–Trinajstić information content (AvgIpc) is 3.14. The van der Waals surface area contributed by atoms with Crippen LogP contribution in [0.15, 0.2) is 54.6 Å². The van der Waals surface area contributed by atoms with Crippen molar-refractivity contribution in [2.24, 2.45) is 0 Å². The molecule has 0 bridgehead atoms. The van der Waals surface area contributed by atoms with Gasteiger partial charge in [-0.05, 0) is 26.0 Å². The van der Waals surface area contributed by atoms with Crippen molar-refractivity contribution < 1.29 is 19.1 Å². The third kappa shape index (κ3) is 5.32. The smallest absolute Gasteiger partial charge is 0.281 e. The highest BCUT2D eigenvalue weighted by atomic mass is 32.1. The Bertz CT molecular complexity index is 989. The molecule has 8 heteroatoms. The number of nitrogens with one attached hydrogen (secondary N) is 2. The van der Waals surface area contributed by atoms with Gasteiger partial charge < -0.3 is 9.47 Å². The van der Waals surface area contributed by atoms with Crippen molar-refractivity contribution in [1.29, 1.82) is 0 Å². The van der Waals surface area contributed by atoms with Crippen molar-refractivity contribution in [2.75, 3.05) is 13.2 Å². The standard InChI is InChI=1S/C21H21N3O4S/c1-3-27-16-11-7-8-12-17(16)28-13-18(25)23-24-20(26)19-14(2)22-21(29-19)15-9-5-4-6-10-15/h4-12H,3,13H2,1-2H3,(H,23,25)(H,24,26). The highest BCUT2D eigenvalue weighted by Gasteiger charge is 2.17. The zero-order chi connectivity index (χ0) is 20.6. The number of amides is 2. The summed E-state index contributed by atoms with van der Waals surface area (Å²) in [5.41, 5.74) is 6.29. The number of hydrogen-bond acceptors (Lipinski definition) is 6. The zero-order valence-corrected chi connectivity index (χ0v) is 16.9. The summed E-state index contributed by atoms with van der Waals surface area (Å²) in [6, 6.07) is 16.7. The lowest BCUT2D eigenvalue weighted by atomic mass is 10.2. The second-order valence-electron chi connectivity index (χ2n) is 5.97. The molecule has 150 valence electrons. The molecule has 7 nitrogen and oxygen atoms in total. The highest BCUT2D eigenvalue weighted by Crippen LogP contribution is 2.28. The minimum absolute atomic E-state index is 0.263. The van der Waals surface area contributed by atoms with Crippen LogP contribution in [0.5, 0.6) is 11.5 Å². The molecule has 0 unspecified atom stereocenters. The van der Waals surface area contributed by atoms with Crippen molar-refractivity contribution in [3.8, 4) is 22.1 Å². The number of para-hydroxylation sites is 2. The maximum absolute atomic E-state index is 12.4. The van der Waals surface area contributed by atoms with Gasteiger partial charge >= 0.3 is 0 Å². The molecule has 2 aromatic carbocycles. The number of hydrazine groups is 1. The Kier molecular flexibility index (Phi) is 6.80. The van der Waals surface area contributed by atoms with Crippen LogP contribution in [0.2, 0.25) is 0 Å². The van der Waals surface area contributed by atoms with Crippen molar-refractivity contribution in [3.05, 3.63) is 65.2 Å². The Labute approximate surface area is 172 Å². The van der Waals surface area contributed by atoms with Gasteiger partial charge in [-0.3, -0.25) is 20.4 Å². The molecule has 2 amide bonds. The van der Waals surface area contributed by atoms with E-state index in [0.29, 0.717) is 28.7 Å². The maximum atomic E-state index is 12.4. The van der Waals surface area contributed by atoms with Crippen LogP contribution in [0.1, 0.15) is 22.3 Å². The average molecular weight is 411 g/mol. The fourth-order valence-electron chi connectivity index (χ4n) is 2.52. The van der Waals surface area contributed by atoms with E-state index in [2.05, 4.69) is 15.8 Å². The van der Waals surface area contributed by atoms with Crippen molar-refractivity contribution >= 4 is 23.2 Å². The van der Waals surface area contributed by atoms with Gasteiger partial charge in [0.15, 0.2) is 18.1 Å². The van der Waals surface area contributed by atoms with Crippen LogP contribution in [-0.2, 0) is 4.79 Å². The first-order chi connectivity index (χ1) is 14.1. The van der Waals surface area contributed by atoms with E-state index in [0.717, 1.165) is 10.6 Å². The van der Waals surface area contributed by atoms with Crippen LogP contribution < -0.4 is 20.3 Å². The van der Waals surface area contributed by atoms with Gasteiger partial charge in [-0.25, -0.2) is 4.98 Å². The van der Waals surface area contributed by atoms with Crippen LogP contribution in [0, 0.1) is 6.92 Å². The summed E-state index contributed by atoms with van der Waals surface area (Å²) in [6.07, 6.45) is 0. The first kappa shape index (κ1) is 20.3. The fraction of sp³-hybridized carbons (Fsp3) is 0.190. The molecule has 0 aliphatic rings. The Morgan fingerprint density at radius 3 is 2.31 bits per heavy atom. The number of carbonyl (C=O) groups is 2. The van der Waals surface area contributed by atoms with Crippen LogP contribution >= 0.6 is 11.3 Å². The molecule has 0 saturated carbocycles. The molecule has 1 aromatic heterocycles. The summed E-state index contributed by atoms with van der Waals surface area (Å²) in [5.74, 6) is 0.0996. The summed E-state index contributed by atoms with van der Waals surface area (Å²) < 4.78 is 10.9. The number of benzene rings is 2. The minimum Gasteiger partial charge on any atom is -0.490 e. The summed E-state index contributed by atoms with van der Waals surface area (Å²) in [7, 11) is 0. The molecule has 3 rings (SSSR count). The van der Waals surface area contributed by atoms with E-state index in [1.54, 1.807) is 25.1 Å². The lowest BCUT2D eigenvalue weighted by Crippen LogP contribution is -2.43. The Balaban J connectivity index is 1.54. The van der Waals surface area contributed by atoms with Crippen LogP contribution in [-0.4, -0.2) is 30.0 Å². The van der Waals surface area contributed by atoms with E-state index in [1.165, 1.54) is 11.3 Å². The number of thiazole rings is 1. The topological polar surface area (TPSA) is 89.5 Å². The molecule has 3 aromatic rings. The predicted molar refractivity (Wildman–Crippen MR) is 111 cm³/mol. The van der Waals surface area contributed by atoms with Gasteiger partial charge in [0, 0.05) is 5.56 Å². The second kappa shape index (κ2) is 9.70. The third-order valence-electron chi connectivity index (χ3n) is 3.85. The molecule has 0 aliphatic carbocycles. The summed E-state index contributed by atoms with van der Waals surface area (Å²) in [6.45, 7) is 3.85. The van der Waals surface area contributed by atoms with Crippen molar-refractivity contribution in [2.45, 2.75) is 13.8 Å². The lowest BCUT2D eigenvalue weighted by Gasteiger charge is -2.11. The van der Waals surface area contributed by atoms with E-state index >= 15 is 0 Å². The van der Waals surface area contributed by atoms with Crippen LogP contribution in [0.4, 0.5) is 0 Å². The number of carbonyl (C=O) groups excluding carboxylic acids is 2. The Morgan fingerprint density at radius 2 is 1.62 bits per heavy atom. The van der Waals surface area contributed by atoms with Gasteiger partial charge in [-0.1, -0.05) is 42.5 Å². The summed E-state index contributed by atoms with van der Waals surface area (Å²) >= 11 is 1.27. The minimum atomic E-state index is -0.491. The molecule has 0 aliphatic heterocycles. The van der Waals surface area contributed by atoms with Gasteiger partial charge in [-0.15, -0.1) is 11.3 Å². The molecule has 0 spiro atoms. The van der Waals surface area contributed by atoms with Crippen LogP contribution in [0.25, 0.3) is 10.6 Å². The first-order valence-corrected chi connectivity index (χ1v) is 9.86. The monoisotopic (exact) mass is 411 g/mol. The van der Waals surface area contributed by atoms with Crippen molar-refractivity contribution in [1.82, 2.24) is 15.8 Å². The fourth-order valence-corrected chi connectivity index (χ4v) is 3.49. The van der Waals surface area contributed by atoms with E-state index in [9.17, 15) is 9.59 Å². The lowest BCUT2D eigenvalue weighted by molar-refractivity contribution is -0.123. The van der Waals surface area contributed by atoms with Crippen molar-refractivity contribution in [3.63, 3.8) is 0 Å². The number of hydrogen-bond donors (Lipinski definition) is 2. The van der Waals surface area contributed by atoms with Gasteiger partial charge in [-0.2, -0.15) is 0 Å². The molecule has 1 heterocycles. The number of ether oxygens (including phenoxy) is 2. The highest BCUT2D eigenvalue weighted by molar-refractivity contribution is 7.17. The molecular formula is C21H21N3O4S. The number of aromatic nitrogens is 1. The van der Waals surface area contributed by atoms with Crippen LogP contribution in [0.3, 0.4) is 0 Å². The molecule has 0 atom stereocenters. The van der Waals surface area contributed by atoms with E-state index in [4.69, 9.17) is 9.47 Å². The SMILES string of the molecule is CCOc1ccccc1OCC(=O)NNC(=O)c1sc(-c2ccccc2)nc1C. The Morgan fingerprint density at radius 1 is 0.966 bits per heavy atom. The van der Waals surface area contributed by atoms with E-state index in [1.807, 2.05) is 43.3 Å². The largest absolute Gasteiger partial charge is 0.490 e. The molecule has 0 saturated heterocycles. The molecule has 0 radical (unpaired) electrons. The quantitative estimate of drug-likeness (QED) is 0.582. The molecule has 29 heavy (non-hydrogen) atoms. The van der Waals surface area contributed by atoms with Gasteiger partial charge in [0.25, 0.3) is 11.8 Å². The van der Waals surface area contributed by atoms with E-state index in [-0.39, 0.29) is 6.61 Å². The molecular weight excluding hydrogens is 390 g/mol. The number of aryl methyl sites for hydroxylation is 1. The molecule has 0 fully saturated rings. The first-order valence-electron chi connectivity index (χ1n) is 9.05. The zero-order valence-electron chi connectivity index (χ0n) is 16.1.